The number of Topliss-reactive ketones (excluding diaryl/α,β-unsaturated/α-hetero) is 1. The van der Waals surface area contributed by atoms with E-state index in [1.54, 1.807) is 0 Å². The van der Waals surface area contributed by atoms with E-state index < -0.39 is 28.7 Å². The second-order valence-corrected chi connectivity index (χ2v) is 7.30. The highest BCUT2D eigenvalue weighted by molar-refractivity contribution is 8.00. The Morgan fingerprint density at radius 2 is 1.81 bits per heavy atom. The molecule has 3 nitrogen and oxygen atoms in total. The number of carbonyl (C=O) groups excluding carboxylic acids is 2. The number of hydrogen-bond donors (Lipinski definition) is 1. The summed E-state index contributed by atoms with van der Waals surface area (Å²) in [6.45, 7) is 1.38. The third-order valence-electron chi connectivity index (χ3n) is 3.72. The van der Waals surface area contributed by atoms with E-state index in [-0.39, 0.29) is 16.4 Å². The highest BCUT2D eigenvalue weighted by Crippen LogP contribution is 2.36. The van der Waals surface area contributed by atoms with Crippen molar-refractivity contribution in [1.29, 1.82) is 0 Å². The van der Waals surface area contributed by atoms with Crippen molar-refractivity contribution in [3.8, 4) is 0 Å². The monoisotopic (exact) mass is 415 g/mol. The zero-order chi connectivity index (χ0) is 20.0. The van der Waals surface area contributed by atoms with E-state index in [1.165, 1.54) is 13.0 Å². The van der Waals surface area contributed by atoms with Crippen molar-refractivity contribution in [3.05, 3.63) is 64.7 Å². The Balaban J connectivity index is 1.97. The number of amides is 1. The molecular weight excluding hydrogens is 399 g/mol. The van der Waals surface area contributed by atoms with Crippen LogP contribution in [0, 0.1) is 0 Å². The molecule has 0 fully saturated rings. The summed E-state index contributed by atoms with van der Waals surface area (Å²) < 4.78 is 38.7. The van der Waals surface area contributed by atoms with Crippen molar-refractivity contribution in [3.63, 3.8) is 0 Å². The molecule has 0 aliphatic heterocycles. The fraction of sp³-hybridized carbons (Fsp3) is 0.263. The first-order valence-electron chi connectivity index (χ1n) is 8.00. The van der Waals surface area contributed by atoms with Gasteiger partial charge < -0.3 is 5.32 Å². The number of carbonyl (C=O) groups is 2. The molecule has 27 heavy (non-hydrogen) atoms. The maximum atomic E-state index is 12.9. The molecule has 0 radical (unpaired) electrons. The summed E-state index contributed by atoms with van der Waals surface area (Å²) >= 11 is 6.52. The van der Waals surface area contributed by atoms with Gasteiger partial charge in [-0.3, -0.25) is 9.59 Å². The van der Waals surface area contributed by atoms with Crippen LogP contribution in [0.3, 0.4) is 0 Å². The minimum absolute atomic E-state index is 0.114. The number of benzene rings is 2. The quantitative estimate of drug-likeness (QED) is 0.663. The number of ketones is 1. The largest absolute Gasteiger partial charge is 0.417 e. The normalized spacial score (nSPS) is 12.5. The number of nitrogens with one attached hydrogen (secondary N) is 1. The molecule has 0 aromatic heterocycles. The van der Waals surface area contributed by atoms with Crippen LogP contribution in [-0.2, 0) is 22.2 Å². The van der Waals surface area contributed by atoms with Gasteiger partial charge in [-0.05, 0) is 37.1 Å². The molecule has 0 saturated heterocycles. The summed E-state index contributed by atoms with van der Waals surface area (Å²) in [7, 11) is 0. The zero-order valence-electron chi connectivity index (χ0n) is 14.3. The van der Waals surface area contributed by atoms with Crippen LogP contribution in [0.15, 0.2) is 53.4 Å². The SMILES string of the molecule is CC(=O)[C@@H](Cc1ccccc1)NC(=O)CSc1ccc(Cl)c(C(F)(F)F)c1. The smallest absolute Gasteiger partial charge is 0.345 e. The lowest BCUT2D eigenvalue weighted by Crippen LogP contribution is -2.42. The van der Waals surface area contributed by atoms with Gasteiger partial charge in [-0.1, -0.05) is 41.9 Å². The van der Waals surface area contributed by atoms with Crippen LogP contribution in [0.2, 0.25) is 5.02 Å². The van der Waals surface area contributed by atoms with Gasteiger partial charge in [0.2, 0.25) is 5.91 Å². The molecule has 0 spiro atoms. The van der Waals surface area contributed by atoms with E-state index in [0.717, 1.165) is 29.5 Å². The fourth-order valence-electron chi connectivity index (χ4n) is 2.34. The van der Waals surface area contributed by atoms with Gasteiger partial charge >= 0.3 is 6.18 Å². The average molecular weight is 416 g/mol. The van der Waals surface area contributed by atoms with Crippen molar-refractivity contribution < 1.29 is 22.8 Å². The number of thioether (sulfide) groups is 1. The molecule has 1 amide bonds. The van der Waals surface area contributed by atoms with Gasteiger partial charge in [-0.2, -0.15) is 13.2 Å². The van der Waals surface area contributed by atoms with E-state index in [2.05, 4.69) is 5.32 Å². The standard InChI is InChI=1S/C19H17ClF3NO2S/c1-12(25)17(9-13-5-3-2-4-6-13)24-18(26)11-27-14-7-8-16(20)15(10-14)19(21,22)23/h2-8,10,17H,9,11H2,1H3,(H,24,26)/t17-/m1/s1. The molecule has 0 saturated carbocycles. The predicted molar refractivity (Wildman–Crippen MR) is 99.9 cm³/mol. The second-order valence-electron chi connectivity index (χ2n) is 5.85. The molecule has 2 aromatic carbocycles. The van der Waals surface area contributed by atoms with Gasteiger partial charge in [0.25, 0.3) is 0 Å². The Morgan fingerprint density at radius 3 is 2.41 bits per heavy atom. The Hall–Kier alpha value is -1.99. The van der Waals surface area contributed by atoms with Gasteiger partial charge in [-0.15, -0.1) is 11.8 Å². The Labute approximate surface area is 164 Å². The Bertz CT molecular complexity index is 812. The summed E-state index contributed by atoms with van der Waals surface area (Å²) in [5.74, 6) is -0.736. The molecule has 8 heteroatoms. The minimum Gasteiger partial charge on any atom is -0.345 e. The third-order valence-corrected chi connectivity index (χ3v) is 5.05. The van der Waals surface area contributed by atoms with Crippen molar-refractivity contribution in [2.75, 3.05) is 5.75 Å². The topological polar surface area (TPSA) is 46.2 Å². The van der Waals surface area contributed by atoms with Crippen LogP contribution in [0.1, 0.15) is 18.1 Å². The van der Waals surface area contributed by atoms with E-state index >= 15 is 0 Å². The molecule has 2 aromatic rings. The Morgan fingerprint density at radius 1 is 1.15 bits per heavy atom. The summed E-state index contributed by atoms with van der Waals surface area (Å²) in [5.41, 5.74) is -0.0431. The summed E-state index contributed by atoms with van der Waals surface area (Å²) in [4.78, 5) is 24.2. The van der Waals surface area contributed by atoms with Gasteiger partial charge in [0, 0.05) is 4.90 Å². The first-order valence-corrected chi connectivity index (χ1v) is 9.36. The zero-order valence-corrected chi connectivity index (χ0v) is 15.9. The van der Waals surface area contributed by atoms with Crippen LogP contribution in [0.25, 0.3) is 0 Å². The second kappa shape index (κ2) is 9.28. The molecule has 0 heterocycles. The van der Waals surface area contributed by atoms with Crippen molar-refractivity contribution in [2.24, 2.45) is 0 Å². The summed E-state index contributed by atoms with van der Waals surface area (Å²) in [5, 5.41) is 2.24. The highest BCUT2D eigenvalue weighted by atomic mass is 35.5. The number of hydrogen-bond acceptors (Lipinski definition) is 3. The molecule has 0 aliphatic rings. The predicted octanol–water partition coefficient (Wildman–Crippen LogP) is 4.77. The van der Waals surface area contributed by atoms with Crippen LogP contribution < -0.4 is 5.32 Å². The van der Waals surface area contributed by atoms with E-state index in [4.69, 9.17) is 11.6 Å². The number of rotatable bonds is 7. The van der Waals surface area contributed by atoms with Crippen LogP contribution in [0.5, 0.6) is 0 Å². The first-order chi connectivity index (χ1) is 12.7. The molecule has 144 valence electrons. The van der Waals surface area contributed by atoms with E-state index in [9.17, 15) is 22.8 Å². The summed E-state index contributed by atoms with van der Waals surface area (Å²) in [6, 6.07) is 12.0. The molecule has 0 unspecified atom stereocenters. The van der Waals surface area contributed by atoms with Gasteiger partial charge in [0.15, 0.2) is 5.78 Å². The molecule has 0 aliphatic carbocycles. The van der Waals surface area contributed by atoms with E-state index in [0.29, 0.717) is 6.42 Å². The molecular formula is C19H17ClF3NO2S. The minimum atomic E-state index is -4.56. The lowest BCUT2D eigenvalue weighted by Gasteiger charge is -2.16. The van der Waals surface area contributed by atoms with Gasteiger partial charge in [0.1, 0.15) is 0 Å². The number of halogens is 4. The van der Waals surface area contributed by atoms with Crippen LogP contribution in [0.4, 0.5) is 13.2 Å². The van der Waals surface area contributed by atoms with Gasteiger partial charge in [-0.25, -0.2) is 0 Å². The molecule has 0 bridgehead atoms. The third kappa shape index (κ3) is 6.59. The molecule has 1 N–H and O–H groups in total. The fourth-order valence-corrected chi connectivity index (χ4v) is 3.31. The lowest BCUT2D eigenvalue weighted by molar-refractivity contribution is -0.137. The number of alkyl halides is 3. The van der Waals surface area contributed by atoms with Gasteiger partial charge in [0.05, 0.1) is 22.4 Å². The van der Waals surface area contributed by atoms with Crippen molar-refractivity contribution >= 4 is 35.1 Å². The van der Waals surface area contributed by atoms with E-state index in [1.807, 2.05) is 30.3 Å². The first kappa shape index (κ1) is 21.3. The average Bonchev–Trinajstić information content (AvgIpc) is 2.60. The van der Waals surface area contributed by atoms with Crippen molar-refractivity contribution in [1.82, 2.24) is 5.32 Å². The van der Waals surface area contributed by atoms with Crippen molar-refractivity contribution in [2.45, 2.75) is 30.5 Å². The maximum Gasteiger partial charge on any atom is 0.417 e. The van der Waals surface area contributed by atoms with Crippen LogP contribution in [-0.4, -0.2) is 23.5 Å². The lowest BCUT2D eigenvalue weighted by atomic mass is 10.0. The molecule has 1 atom stereocenters. The molecule has 2 rings (SSSR count). The maximum absolute atomic E-state index is 12.9. The van der Waals surface area contributed by atoms with Crippen LogP contribution >= 0.6 is 23.4 Å². The highest BCUT2D eigenvalue weighted by Gasteiger charge is 2.33. The summed E-state index contributed by atoms with van der Waals surface area (Å²) in [6.07, 6.45) is -4.21. The Kier molecular flexibility index (Phi) is 7.33.